The monoisotopic (exact) mass is 565 g/mol. The first-order valence-electron chi connectivity index (χ1n) is 14.3. The van der Waals surface area contributed by atoms with Gasteiger partial charge in [-0.2, -0.15) is 0 Å². The summed E-state index contributed by atoms with van der Waals surface area (Å²) < 4.78 is 6.99. The molecule has 1 saturated heterocycles. The molecule has 0 radical (unpaired) electrons. The van der Waals surface area contributed by atoms with Crippen molar-refractivity contribution in [2.45, 2.75) is 39.7 Å². The highest BCUT2D eigenvalue weighted by atomic mass is 16.5. The van der Waals surface area contributed by atoms with Gasteiger partial charge >= 0.3 is 0 Å². The third-order valence-electron chi connectivity index (χ3n) is 7.64. The van der Waals surface area contributed by atoms with Gasteiger partial charge in [0.1, 0.15) is 0 Å². The molecule has 0 aliphatic carbocycles. The van der Waals surface area contributed by atoms with Crippen LogP contribution in [0.1, 0.15) is 47.8 Å². The number of aromatic nitrogens is 2. The number of anilines is 3. The second-order valence-electron chi connectivity index (χ2n) is 11.9. The van der Waals surface area contributed by atoms with Crippen molar-refractivity contribution in [3.63, 3.8) is 0 Å². The van der Waals surface area contributed by atoms with E-state index in [-0.39, 0.29) is 22.7 Å². The lowest BCUT2D eigenvalue weighted by Gasteiger charge is -2.26. The standard InChI is InChI=1S/C34H39N5O3/c1-23-28(10-7-11-29(23)37-32(40)25-12-14-26(15-13-25)34(2,3)4)30-22-38(5)33(41)31(36-30)35-27-9-6-8-24(20-27)21-39-16-18-42-19-17-39/h6-15,20,22H,16-19,21H2,1-5H3,(H,35,36)(H,37,40). The maximum atomic E-state index is 13.1. The maximum Gasteiger partial charge on any atom is 0.293 e. The van der Waals surface area contributed by atoms with Crippen LogP contribution in [0.5, 0.6) is 0 Å². The van der Waals surface area contributed by atoms with E-state index in [2.05, 4.69) is 48.4 Å². The molecule has 5 rings (SSSR count). The molecule has 1 fully saturated rings. The van der Waals surface area contributed by atoms with E-state index in [1.807, 2.05) is 61.5 Å². The van der Waals surface area contributed by atoms with Crippen molar-refractivity contribution in [3.8, 4) is 11.3 Å². The van der Waals surface area contributed by atoms with Crippen LogP contribution in [0.15, 0.2) is 77.7 Å². The Morgan fingerprint density at radius 3 is 2.43 bits per heavy atom. The molecule has 218 valence electrons. The van der Waals surface area contributed by atoms with E-state index >= 15 is 0 Å². The summed E-state index contributed by atoms with van der Waals surface area (Å²) in [5, 5.41) is 6.30. The zero-order valence-electron chi connectivity index (χ0n) is 25.0. The third kappa shape index (κ3) is 6.78. The number of hydrogen-bond donors (Lipinski definition) is 2. The van der Waals surface area contributed by atoms with Crippen molar-refractivity contribution >= 4 is 23.1 Å². The van der Waals surface area contributed by atoms with E-state index in [4.69, 9.17) is 9.72 Å². The number of hydrogen-bond acceptors (Lipinski definition) is 6. The fraction of sp³-hybridized carbons (Fsp3) is 0.324. The average Bonchev–Trinajstić information content (AvgIpc) is 2.97. The summed E-state index contributed by atoms with van der Waals surface area (Å²) in [5.74, 6) is 0.0646. The number of nitrogens with one attached hydrogen (secondary N) is 2. The van der Waals surface area contributed by atoms with E-state index in [0.29, 0.717) is 16.9 Å². The van der Waals surface area contributed by atoms with Crippen LogP contribution in [-0.4, -0.2) is 46.7 Å². The first-order chi connectivity index (χ1) is 20.1. The van der Waals surface area contributed by atoms with Crippen molar-refractivity contribution in [1.29, 1.82) is 0 Å². The molecule has 0 unspecified atom stereocenters. The van der Waals surface area contributed by atoms with Crippen LogP contribution in [0.25, 0.3) is 11.3 Å². The van der Waals surface area contributed by atoms with Gasteiger partial charge in [0, 0.05) is 55.4 Å². The molecule has 0 bridgehead atoms. The minimum Gasteiger partial charge on any atom is -0.379 e. The molecule has 42 heavy (non-hydrogen) atoms. The maximum absolute atomic E-state index is 13.1. The molecule has 1 aromatic heterocycles. The summed E-state index contributed by atoms with van der Waals surface area (Å²) >= 11 is 0. The number of aryl methyl sites for hydroxylation is 1. The van der Waals surface area contributed by atoms with Gasteiger partial charge in [-0.05, 0) is 59.4 Å². The fourth-order valence-corrected chi connectivity index (χ4v) is 5.08. The topological polar surface area (TPSA) is 88.5 Å². The average molecular weight is 566 g/mol. The van der Waals surface area contributed by atoms with Crippen molar-refractivity contribution in [2.75, 3.05) is 36.9 Å². The molecule has 4 aromatic rings. The van der Waals surface area contributed by atoms with Crippen LogP contribution in [0, 0.1) is 6.92 Å². The Morgan fingerprint density at radius 2 is 1.71 bits per heavy atom. The summed E-state index contributed by atoms with van der Waals surface area (Å²) in [6.45, 7) is 12.5. The predicted molar refractivity (Wildman–Crippen MR) is 169 cm³/mol. The minimum absolute atomic E-state index is 0.0160. The second kappa shape index (κ2) is 12.3. The highest BCUT2D eigenvalue weighted by Gasteiger charge is 2.17. The van der Waals surface area contributed by atoms with Crippen molar-refractivity contribution in [3.05, 3.63) is 106 Å². The van der Waals surface area contributed by atoms with Crippen LogP contribution in [-0.2, 0) is 23.7 Å². The molecule has 1 amide bonds. The van der Waals surface area contributed by atoms with Crippen LogP contribution >= 0.6 is 0 Å². The Hall–Kier alpha value is -4.27. The SMILES string of the molecule is Cc1c(NC(=O)c2ccc(C(C)(C)C)cc2)cccc1-c1cn(C)c(=O)c(Nc2cccc(CN3CCOCC3)c2)n1. The molecular weight excluding hydrogens is 526 g/mol. The van der Waals surface area contributed by atoms with Gasteiger partial charge in [0.25, 0.3) is 11.5 Å². The number of benzene rings is 3. The summed E-state index contributed by atoms with van der Waals surface area (Å²) in [6, 6.07) is 21.5. The quantitative estimate of drug-likeness (QED) is 0.291. The Kier molecular flexibility index (Phi) is 8.56. The summed E-state index contributed by atoms with van der Waals surface area (Å²) in [5.41, 5.74) is 6.53. The van der Waals surface area contributed by atoms with E-state index in [1.165, 1.54) is 10.1 Å². The molecule has 2 heterocycles. The number of ether oxygens (including phenoxy) is 1. The zero-order chi connectivity index (χ0) is 29.9. The van der Waals surface area contributed by atoms with Gasteiger partial charge in [-0.25, -0.2) is 4.98 Å². The van der Waals surface area contributed by atoms with Gasteiger partial charge in [0.2, 0.25) is 0 Å². The molecule has 0 saturated carbocycles. The molecule has 0 atom stereocenters. The van der Waals surface area contributed by atoms with E-state index in [0.717, 1.165) is 55.2 Å². The van der Waals surface area contributed by atoms with Crippen LogP contribution in [0.3, 0.4) is 0 Å². The lowest BCUT2D eigenvalue weighted by atomic mass is 9.86. The van der Waals surface area contributed by atoms with Crippen LogP contribution in [0.4, 0.5) is 17.2 Å². The van der Waals surface area contributed by atoms with E-state index in [1.54, 1.807) is 13.2 Å². The first-order valence-corrected chi connectivity index (χ1v) is 14.3. The smallest absolute Gasteiger partial charge is 0.293 e. The lowest BCUT2D eigenvalue weighted by molar-refractivity contribution is 0.0342. The first kappa shape index (κ1) is 29.2. The number of carbonyl (C=O) groups excluding carboxylic acids is 1. The summed E-state index contributed by atoms with van der Waals surface area (Å²) in [4.78, 5) is 33.2. The Morgan fingerprint density at radius 1 is 1.00 bits per heavy atom. The van der Waals surface area contributed by atoms with Crippen molar-refractivity contribution in [1.82, 2.24) is 14.5 Å². The highest BCUT2D eigenvalue weighted by molar-refractivity contribution is 6.05. The molecule has 1 aliphatic rings. The Bertz CT molecular complexity index is 1630. The summed E-state index contributed by atoms with van der Waals surface area (Å²) in [7, 11) is 1.72. The minimum atomic E-state index is -0.224. The zero-order valence-corrected chi connectivity index (χ0v) is 25.0. The van der Waals surface area contributed by atoms with Gasteiger partial charge in [-0.3, -0.25) is 14.5 Å². The van der Waals surface area contributed by atoms with Crippen LogP contribution < -0.4 is 16.2 Å². The van der Waals surface area contributed by atoms with Gasteiger partial charge < -0.3 is 19.9 Å². The molecule has 1 aliphatic heterocycles. The van der Waals surface area contributed by atoms with E-state index < -0.39 is 0 Å². The number of rotatable bonds is 7. The second-order valence-corrected chi connectivity index (χ2v) is 11.9. The van der Waals surface area contributed by atoms with Gasteiger partial charge in [0.05, 0.1) is 18.9 Å². The number of nitrogens with zero attached hydrogens (tertiary/aromatic N) is 3. The van der Waals surface area contributed by atoms with Gasteiger partial charge in [0.15, 0.2) is 5.82 Å². The highest BCUT2D eigenvalue weighted by Crippen LogP contribution is 2.29. The van der Waals surface area contributed by atoms with Crippen molar-refractivity contribution < 1.29 is 9.53 Å². The lowest BCUT2D eigenvalue weighted by Crippen LogP contribution is -2.35. The normalized spacial score (nSPS) is 14.0. The molecule has 3 aromatic carbocycles. The van der Waals surface area contributed by atoms with E-state index in [9.17, 15) is 9.59 Å². The number of morpholine rings is 1. The largest absolute Gasteiger partial charge is 0.379 e. The number of carbonyl (C=O) groups is 1. The summed E-state index contributed by atoms with van der Waals surface area (Å²) in [6.07, 6.45) is 1.72. The van der Waals surface area contributed by atoms with Gasteiger partial charge in [-0.1, -0.05) is 57.2 Å². The molecule has 0 spiro atoms. The Labute approximate surface area is 247 Å². The predicted octanol–water partition coefficient (Wildman–Crippen LogP) is 5.88. The van der Waals surface area contributed by atoms with Crippen LogP contribution in [0.2, 0.25) is 0 Å². The Balaban J connectivity index is 1.37. The molecular formula is C34H39N5O3. The van der Waals surface area contributed by atoms with Gasteiger partial charge in [-0.15, -0.1) is 0 Å². The molecule has 8 nitrogen and oxygen atoms in total. The van der Waals surface area contributed by atoms with Crippen molar-refractivity contribution in [2.24, 2.45) is 7.05 Å². The molecule has 8 heteroatoms. The fourth-order valence-electron chi connectivity index (χ4n) is 5.08. The number of amides is 1. The molecule has 2 N–H and O–H groups in total. The third-order valence-corrected chi connectivity index (χ3v) is 7.64.